The molecule has 1 aromatic carbocycles. The molecule has 5 rings (SSSR count). The van der Waals surface area contributed by atoms with Gasteiger partial charge in [0.25, 0.3) is 0 Å². The second-order valence-corrected chi connectivity index (χ2v) is 8.76. The summed E-state index contributed by atoms with van der Waals surface area (Å²) in [6.07, 6.45) is 2.42. The molecule has 0 saturated carbocycles. The lowest BCUT2D eigenvalue weighted by Gasteiger charge is -2.51. The van der Waals surface area contributed by atoms with Gasteiger partial charge in [0.2, 0.25) is 5.91 Å². The Hall–Kier alpha value is -1.55. The molecule has 1 amide bonds. The van der Waals surface area contributed by atoms with Crippen molar-refractivity contribution in [2.75, 3.05) is 19.6 Å². The Morgan fingerprint density at radius 1 is 1.17 bits per heavy atom. The first-order chi connectivity index (χ1) is 11.4. The van der Waals surface area contributed by atoms with E-state index < -0.39 is 0 Å². The highest BCUT2D eigenvalue weighted by atomic mass is 16.3. The molecule has 3 atom stereocenters. The minimum Gasteiger partial charge on any atom is -0.508 e. The minimum absolute atomic E-state index is 0.272. The summed E-state index contributed by atoms with van der Waals surface area (Å²) in [5.74, 6) is 1.53. The van der Waals surface area contributed by atoms with Crippen LogP contribution in [0.3, 0.4) is 0 Å². The number of hydrogen-bond acceptors (Lipinski definition) is 3. The summed E-state index contributed by atoms with van der Waals surface area (Å²) in [7, 11) is 0. The van der Waals surface area contributed by atoms with Crippen molar-refractivity contribution < 1.29 is 9.90 Å². The van der Waals surface area contributed by atoms with Crippen molar-refractivity contribution in [3.05, 3.63) is 29.8 Å². The third-order valence-corrected chi connectivity index (χ3v) is 6.20. The van der Waals surface area contributed by atoms with E-state index in [1.165, 1.54) is 18.4 Å². The van der Waals surface area contributed by atoms with E-state index in [2.05, 4.69) is 15.9 Å². The predicted octanol–water partition coefficient (Wildman–Crippen LogP) is 2.83. The highest BCUT2D eigenvalue weighted by Crippen LogP contribution is 2.47. The first-order valence-corrected chi connectivity index (χ1v) is 9.20. The minimum atomic E-state index is -0.343. The van der Waals surface area contributed by atoms with Gasteiger partial charge in [0.1, 0.15) is 5.75 Å². The first kappa shape index (κ1) is 15.9. The van der Waals surface area contributed by atoms with Gasteiger partial charge in [0, 0.05) is 23.9 Å². The molecule has 4 saturated heterocycles. The number of aromatic hydroxyl groups is 1. The van der Waals surface area contributed by atoms with Crippen LogP contribution in [0.1, 0.15) is 45.1 Å². The molecule has 1 aromatic rings. The van der Waals surface area contributed by atoms with Crippen molar-refractivity contribution in [1.29, 1.82) is 0 Å². The Morgan fingerprint density at radius 2 is 1.88 bits per heavy atom. The van der Waals surface area contributed by atoms with Gasteiger partial charge in [-0.3, -0.25) is 9.69 Å². The van der Waals surface area contributed by atoms with Gasteiger partial charge < -0.3 is 10.0 Å². The number of fused-ring (bicyclic) bond motifs is 2. The average molecular weight is 328 g/mol. The maximum absolute atomic E-state index is 13.1. The van der Waals surface area contributed by atoms with Crippen LogP contribution in [-0.4, -0.2) is 52.5 Å². The summed E-state index contributed by atoms with van der Waals surface area (Å²) in [6, 6.07) is 8.38. The molecule has 4 fully saturated rings. The van der Waals surface area contributed by atoms with Crippen LogP contribution in [0.5, 0.6) is 5.75 Å². The van der Waals surface area contributed by atoms with Crippen molar-refractivity contribution in [1.82, 2.24) is 9.80 Å². The van der Waals surface area contributed by atoms with Crippen molar-refractivity contribution in [2.24, 2.45) is 11.3 Å². The number of phenols is 1. The second kappa shape index (κ2) is 5.48. The quantitative estimate of drug-likeness (QED) is 0.862. The van der Waals surface area contributed by atoms with Crippen LogP contribution in [0, 0.1) is 11.3 Å². The molecule has 24 heavy (non-hydrogen) atoms. The Kier molecular flexibility index (Phi) is 3.64. The van der Waals surface area contributed by atoms with Crippen molar-refractivity contribution in [2.45, 2.75) is 51.6 Å². The fraction of sp³-hybridized carbons (Fsp3) is 0.650. The monoisotopic (exact) mass is 328 g/mol. The third kappa shape index (κ3) is 2.43. The summed E-state index contributed by atoms with van der Waals surface area (Å²) in [6.45, 7) is 9.15. The third-order valence-electron chi connectivity index (χ3n) is 6.20. The number of likely N-dealkylation sites (tertiary alicyclic amines) is 1. The number of carbonyl (C=O) groups excluding carboxylic acids is 1. The zero-order chi connectivity index (χ0) is 17.1. The van der Waals surface area contributed by atoms with E-state index in [0.29, 0.717) is 29.7 Å². The maximum Gasteiger partial charge on any atom is 0.228 e. The summed E-state index contributed by atoms with van der Waals surface area (Å²) >= 11 is 0. The molecule has 4 aliphatic rings. The summed E-state index contributed by atoms with van der Waals surface area (Å²) in [5, 5.41) is 9.91. The lowest BCUT2D eigenvalue weighted by atomic mass is 9.75. The largest absolute Gasteiger partial charge is 0.508 e. The predicted molar refractivity (Wildman–Crippen MR) is 93.9 cm³/mol. The molecular weight excluding hydrogens is 300 g/mol. The van der Waals surface area contributed by atoms with Crippen LogP contribution in [0.2, 0.25) is 0 Å². The van der Waals surface area contributed by atoms with Gasteiger partial charge in [-0.25, -0.2) is 0 Å². The van der Waals surface area contributed by atoms with E-state index in [1.807, 2.05) is 32.9 Å². The Morgan fingerprint density at radius 3 is 2.50 bits per heavy atom. The van der Waals surface area contributed by atoms with Crippen LogP contribution < -0.4 is 0 Å². The summed E-state index contributed by atoms with van der Waals surface area (Å²) in [4.78, 5) is 17.9. The number of nitrogens with zero attached hydrogens (tertiary/aromatic N) is 2. The molecule has 0 aromatic heterocycles. The molecule has 2 bridgehead atoms. The van der Waals surface area contributed by atoms with Gasteiger partial charge in [-0.1, -0.05) is 32.9 Å². The fourth-order valence-corrected chi connectivity index (χ4v) is 5.13. The number of phenolic OH excluding ortho intramolecular Hbond substituents is 1. The molecule has 0 unspecified atom stereocenters. The first-order valence-electron chi connectivity index (χ1n) is 9.20. The highest BCUT2D eigenvalue weighted by Gasteiger charge is 2.55. The Labute approximate surface area is 144 Å². The molecule has 4 nitrogen and oxygen atoms in total. The van der Waals surface area contributed by atoms with Gasteiger partial charge in [-0.05, 0) is 49.5 Å². The van der Waals surface area contributed by atoms with Gasteiger partial charge >= 0.3 is 0 Å². The topological polar surface area (TPSA) is 43.8 Å². The molecule has 4 aliphatic heterocycles. The molecule has 0 spiro atoms. The standard InChI is InChI=1S/C20H28N2O2/c1-20(2,3)19(24)22-12-16(14-5-4-6-15(23)11-14)18-17(22)13-7-9-21(18)10-8-13/h4-6,11,13,16-18,23H,7-10,12H2,1-3H3/t16-,17+,18+/m1/s1. The molecular formula is C20H28N2O2. The molecule has 4 heteroatoms. The lowest BCUT2D eigenvalue weighted by Crippen LogP contribution is -2.61. The number of carbonyl (C=O) groups is 1. The average Bonchev–Trinajstić information content (AvgIpc) is 2.97. The van der Waals surface area contributed by atoms with Crippen LogP contribution >= 0.6 is 0 Å². The number of amides is 1. The van der Waals surface area contributed by atoms with Crippen LogP contribution in [0.15, 0.2) is 24.3 Å². The van der Waals surface area contributed by atoms with Gasteiger partial charge in [-0.2, -0.15) is 0 Å². The number of piperidine rings is 3. The van der Waals surface area contributed by atoms with Gasteiger partial charge in [0.05, 0.1) is 6.04 Å². The van der Waals surface area contributed by atoms with Crippen molar-refractivity contribution in [3.63, 3.8) is 0 Å². The molecule has 4 heterocycles. The molecule has 1 N–H and O–H groups in total. The number of benzene rings is 1. The summed E-state index contributed by atoms with van der Waals surface area (Å²) in [5.41, 5.74) is 0.825. The van der Waals surface area contributed by atoms with Crippen LogP contribution in [0.4, 0.5) is 0 Å². The lowest BCUT2D eigenvalue weighted by molar-refractivity contribution is -0.144. The fourth-order valence-electron chi connectivity index (χ4n) is 5.13. The SMILES string of the molecule is CC(C)(C)C(=O)N1C[C@H](c2cccc(O)c2)[C@H]2[C@@H]1C1CCN2CC1. The van der Waals surface area contributed by atoms with Crippen LogP contribution in [0.25, 0.3) is 0 Å². The van der Waals surface area contributed by atoms with Crippen molar-refractivity contribution in [3.8, 4) is 5.75 Å². The molecule has 0 aliphatic carbocycles. The zero-order valence-electron chi connectivity index (χ0n) is 14.9. The van der Waals surface area contributed by atoms with E-state index in [9.17, 15) is 9.90 Å². The highest BCUT2D eigenvalue weighted by molar-refractivity contribution is 5.82. The van der Waals surface area contributed by atoms with E-state index in [1.54, 1.807) is 6.07 Å². The normalized spacial score (nSPS) is 35.1. The maximum atomic E-state index is 13.1. The van der Waals surface area contributed by atoms with E-state index in [4.69, 9.17) is 0 Å². The molecule has 0 radical (unpaired) electrons. The van der Waals surface area contributed by atoms with Gasteiger partial charge in [0.15, 0.2) is 0 Å². The zero-order valence-corrected chi connectivity index (χ0v) is 14.9. The van der Waals surface area contributed by atoms with E-state index in [-0.39, 0.29) is 11.3 Å². The Balaban J connectivity index is 1.73. The Bertz CT molecular complexity index is 643. The van der Waals surface area contributed by atoms with Crippen LogP contribution in [-0.2, 0) is 4.79 Å². The number of rotatable bonds is 1. The summed E-state index contributed by atoms with van der Waals surface area (Å²) < 4.78 is 0. The smallest absolute Gasteiger partial charge is 0.228 e. The van der Waals surface area contributed by atoms with Gasteiger partial charge in [-0.15, -0.1) is 0 Å². The number of hydrogen-bond donors (Lipinski definition) is 1. The van der Waals surface area contributed by atoms with E-state index >= 15 is 0 Å². The van der Waals surface area contributed by atoms with Crippen molar-refractivity contribution >= 4 is 5.91 Å². The second-order valence-electron chi connectivity index (χ2n) is 8.76. The molecule has 130 valence electrons. The van der Waals surface area contributed by atoms with E-state index in [0.717, 1.165) is 19.6 Å².